The number of hydrogen-bond acceptors (Lipinski definition) is 3. The van der Waals surface area contributed by atoms with Crippen LogP contribution in [0.5, 0.6) is 5.75 Å². The van der Waals surface area contributed by atoms with Gasteiger partial charge in [0.2, 0.25) is 0 Å². The Morgan fingerprint density at radius 2 is 1.82 bits per heavy atom. The average Bonchev–Trinajstić information content (AvgIpc) is 1.86. The van der Waals surface area contributed by atoms with Crippen molar-refractivity contribution in [2.24, 2.45) is 0 Å². The van der Waals surface area contributed by atoms with Crippen molar-refractivity contribution in [2.45, 2.75) is 4.90 Å². The molecule has 0 heterocycles. The van der Waals surface area contributed by atoms with Crippen molar-refractivity contribution < 1.29 is 17.4 Å². The molecule has 0 saturated heterocycles. The smallest absolute Gasteiger partial charge is 0.335 e. The standard InChI is InChI=1S/C6H5FO3S/c7-11(9,10)6-4-2-1-3-5(6)8/h1-4,8H. The predicted molar refractivity (Wildman–Crippen MR) is 36.4 cm³/mol. The third-order valence-electron chi connectivity index (χ3n) is 1.13. The van der Waals surface area contributed by atoms with Crippen molar-refractivity contribution in [3.8, 4) is 5.75 Å². The van der Waals surface area contributed by atoms with Crippen molar-refractivity contribution in [2.75, 3.05) is 0 Å². The molecule has 0 saturated carbocycles. The Balaban J connectivity index is 3.37. The molecule has 60 valence electrons. The first-order valence-electron chi connectivity index (χ1n) is 2.74. The maximum atomic E-state index is 12.2. The highest BCUT2D eigenvalue weighted by Gasteiger charge is 2.15. The van der Waals surface area contributed by atoms with Gasteiger partial charge in [0.25, 0.3) is 0 Å². The molecular formula is C6H5FO3S. The normalized spacial score (nSPS) is 11.4. The van der Waals surface area contributed by atoms with Gasteiger partial charge >= 0.3 is 10.2 Å². The number of aromatic hydroxyl groups is 1. The molecule has 0 aromatic heterocycles. The maximum Gasteiger partial charge on any atom is 0.335 e. The molecule has 0 aliphatic rings. The van der Waals surface area contributed by atoms with E-state index in [0.717, 1.165) is 12.1 Å². The molecule has 1 aromatic rings. The molecule has 11 heavy (non-hydrogen) atoms. The van der Waals surface area contributed by atoms with E-state index in [1.165, 1.54) is 12.1 Å². The van der Waals surface area contributed by atoms with Gasteiger partial charge in [0.05, 0.1) is 0 Å². The summed E-state index contributed by atoms with van der Waals surface area (Å²) in [6.07, 6.45) is 0. The van der Waals surface area contributed by atoms with Gasteiger partial charge in [-0.3, -0.25) is 0 Å². The Labute approximate surface area is 63.3 Å². The SMILES string of the molecule is O=S(=O)(F)c1ccccc1O. The summed E-state index contributed by atoms with van der Waals surface area (Å²) in [5, 5.41) is 8.83. The largest absolute Gasteiger partial charge is 0.506 e. The maximum absolute atomic E-state index is 12.2. The van der Waals surface area contributed by atoms with Gasteiger partial charge in [-0.2, -0.15) is 8.42 Å². The Bertz CT molecular complexity index is 358. The predicted octanol–water partition coefficient (Wildman–Crippen LogP) is 1.05. The van der Waals surface area contributed by atoms with Crippen LogP contribution in [0.15, 0.2) is 29.2 Å². The van der Waals surface area contributed by atoms with E-state index in [1.807, 2.05) is 0 Å². The van der Waals surface area contributed by atoms with Crippen LogP contribution in [0.1, 0.15) is 0 Å². The van der Waals surface area contributed by atoms with Gasteiger partial charge in [0.15, 0.2) is 0 Å². The number of halogens is 1. The molecular weight excluding hydrogens is 171 g/mol. The number of phenolic OH excluding ortho intramolecular Hbond substituents is 1. The van der Waals surface area contributed by atoms with E-state index >= 15 is 0 Å². The first-order valence-corrected chi connectivity index (χ1v) is 4.13. The van der Waals surface area contributed by atoms with Gasteiger partial charge in [-0.05, 0) is 12.1 Å². The molecule has 0 radical (unpaired) electrons. The van der Waals surface area contributed by atoms with Gasteiger partial charge in [0, 0.05) is 0 Å². The number of hydrogen-bond donors (Lipinski definition) is 1. The highest BCUT2D eigenvalue weighted by atomic mass is 32.3. The lowest BCUT2D eigenvalue weighted by Gasteiger charge is -1.95. The summed E-state index contributed by atoms with van der Waals surface area (Å²) in [4.78, 5) is -0.694. The molecule has 0 amide bonds. The van der Waals surface area contributed by atoms with Crippen LogP contribution in [0.25, 0.3) is 0 Å². The molecule has 1 aromatic carbocycles. The van der Waals surface area contributed by atoms with Crippen LogP contribution in [0.2, 0.25) is 0 Å². The minimum atomic E-state index is -4.78. The average molecular weight is 176 g/mol. The lowest BCUT2D eigenvalue weighted by atomic mass is 10.3. The lowest BCUT2D eigenvalue weighted by Crippen LogP contribution is -1.91. The highest BCUT2D eigenvalue weighted by Crippen LogP contribution is 2.22. The van der Waals surface area contributed by atoms with E-state index in [9.17, 15) is 12.3 Å². The zero-order valence-electron chi connectivity index (χ0n) is 5.36. The van der Waals surface area contributed by atoms with Crippen molar-refractivity contribution in [3.63, 3.8) is 0 Å². The van der Waals surface area contributed by atoms with Gasteiger partial charge in [-0.1, -0.05) is 12.1 Å². The first kappa shape index (κ1) is 8.00. The minimum Gasteiger partial charge on any atom is -0.506 e. The molecule has 3 nitrogen and oxygen atoms in total. The molecule has 0 aliphatic heterocycles. The van der Waals surface area contributed by atoms with Crippen LogP contribution in [-0.4, -0.2) is 13.5 Å². The fourth-order valence-corrected chi connectivity index (χ4v) is 1.22. The molecule has 0 fully saturated rings. The summed E-state index contributed by atoms with van der Waals surface area (Å²) < 4.78 is 32.6. The van der Waals surface area contributed by atoms with E-state index in [2.05, 4.69) is 0 Å². The van der Waals surface area contributed by atoms with E-state index in [1.54, 1.807) is 0 Å². The van der Waals surface area contributed by atoms with Crippen molar-refractivity contribution in [1.82, 2.24) is 0 Å². The first-order chi connectivity index (χ1) is 5.02. The van der Waals surface area contributed by atoms with E-state index in [4.69, 9.17) is 5.11 Å². The molecule has 1 rings (SSSR count). The van der Waals surface area contributed by atoms with Crippen LogP contribution in [0.4, 0.5) is 3.89 Å². The van der Waals surface area contributed by atoms with Crippen molar-refractivity contribution >= 4 is 10.2 Å². The van der Waals surface area contributed by atoms with Crippen LogP contribution < -0.4 is 0 Å². The molecule has 0 bridgehead atoms. The van der Waals surface area contributed by atoms with E-state index in [0.29, 0.717) is 0 Å². The third-order valence-corrected chi connectivity index (χ3v) is 2.00. The fourth-order valence-electron chi connectivity index (χ4n) is 0.663. The zero-order chi connectivity index (χ0) is 8.48. The monoisotopic (exact) mass is 176 g/mol. The molecule has 0 spiro atoms. The Morgan fingerprint density at radius 1 is 1.27 bits per heavy atom. The van der Waals surface area contributed by atoms with Crippen LogP contribution in [0, 0.1) is 0 Å². The fraction of sp³-hybridized carbons (Fsp3) is 0. The van der Waals surface area contributed by atoms with Crippen molar-refractivity contribution in [1.29, 1.82) is 0 Å². The Kier molecular flexibility index (Phi) is 1.82. The Hall–Kier alpha value is -1.10. The molecule has 5 heteroatoms. The van der Waals surface area contributed by atoms with Gasteiger partial charge in [-0.15, -0.1) is 3.89 Å². The second-order valence-electron chi connectivity index (χ2n) is 1.91. The molecule has 0 unspecified atom stereocenters. The minimum absolute atomic E-state index is 0.574. The van der Waals surface area contributed by atoms with E-state index in [-0.39, 0.29) is 0 Å². The van der Waals surface area contributed by atoms with E-state index < -0.39 is 20.9 Å². The van der Waals surface area contributed by atoms with Crippen LogP contribution in [-0.2, 0) is 10.2 Å². The topological polar surface area (TPSA) is 54.4 Å². The summed E-state index contributed by atoms with van der Waals surface area (Å²) in [6.45, 7) is 0. The third kappa shape index (κ3) is 1.68. The summed E-state index contributed by atoms with van der Waals surface area (Å²) in [5.41, 5.74) is 0. The van der Waals surface area contributed by atoms with Gasteiger partial charge in [0.1, 0.15) is 10.6 Å². The second-order valence-corrected chi connectivity index (χ2v) is 3.22. The van der Waals surface area contributed by atoms with Crippen molar-refractivity contribution in [3.05, 3.63) is 24.3 Å². The number of rotatable bonds is 1. The quantitative estimate of drug-likeness (QED) is 0.650. The highest BCUT2D eigenvalue weighted by molar-refractivity contribution is 7.86. The van der Waals surface area contributed by atoms with Crippen LogP contribution in [0.3, 0.4) is 0 Å². The zero-order valence-corrected chi connectivity index (χ0v) is 6.18. The summed E-state index contributed by atoms with van der Waals surface area (Å²) in [6, 6.07) is 4.83. The molecule has 0 aliphatic carbocycles. The number of benzene rings is 1. The Morgan fingerprint density at radius 3 is 2.18 bits per heavy atom. The number of phenols is 1. The van der Waals surface area contributed by atoms with Crippen LogP contribution >= 0.6 is 0 Å². The number of para-hydroxylation sites is 1. The van der Waals surface area contributed by atoms with Gasteiger partial charge in [-0.25, -0.2) is 0 Å². The lowest BCUT2D eigenvalue weighted by molar-refractivity contribution is 0.455. The molecule has 1 N–H and O–H groups in total. The summed E-state index contributed by atoms with van der Waals surface area (Å²) in [5.74, 6) is -0.574. The summed E-state index contributed by atoms with van der Waals surface area (Å²) >= 11 is 0. The summed E-state index contributed by atoms with van der Waals surface area (Å²) in [7, 11) is -4.78. The second kappa shape index (κ2) is 2.50. The molecule has 0 atom stereocenters. The van der Waals surface area contributed by atoms with Gasteiger partial charge < -0.3 is 5.11 Å².